The fraction of sp³-hybridized carbons (Fsp3) is 0.625. The summed E-state index contributed by atoms with van der Waals surface area (Å²) in [6.07, 6.45) is 4.71. The lowest BCUT2D eigenvalue weighted by Crippen LogP contribution is -2.26. The molecule has 0 bridgehead atoms. The normalized spacial score (nSPS) is 12.9. The zero-order chi connectivity index (χ0) is 14.1. The second kappa shape index (κ2) is 9.05. The van der Waals surface area contributed by atoms with Crippen LogP contribution < -0.4 is 5.32 Å². The van der Waals surface area contributed by atoms with Gasteiger partial charge in [-0.05, 0) is 46.1 Å². The number of unbranched alkanes of at least 4 members (excludes halogenated alkanes) is 2. The predicted molar refractivity (Wildman–Crippen MR) is 79.8 cm³/mol. The quantitative estimate of drug-likeness (QED) is 0.687. The summed E-state index contributed by atoms with van der Waals surface area (Å²) in [5.74, 6) is -0.115. The Bertz CT molecular complexity index is 354. The monoisotopic (exact) mass is 266 g/mol. The van der Waals surface area contributed by atoms with Gasteiger partial charge in [-0.3, -0.25) is 0 Å². The third kappa shape index (κ3) is 5.70. The van der Waals surface area contributed by atoms with Gasteiger partial charge in [-0.25, -0.2) is 4.39 Å². The Balaban J connectivity index is 2.43. The maximum Gasteiger partial charge on any atom is 0.127 e. The molecule has 1 aromatic carbocycles. The average Bonchev–Trinajstić information content (AvgIpc) is 2.41. The van der Waals surface area contributed by atoms with Crippen molar-refractivity contribution in [3.05, 3.63) is 35.6 Å². The van der Waals surface area contributed by atoms with Gasteiger partial charge in [0.05, 0.1) is 0 Å². The smallest absolute Gasteiger partial charge is 0.127 e. The van der Waals surface area contributed by atoms with Gasteiger partial charge in [0.1, 0.15) is 5.82 Å². The minimum Gasteiger partial charge on any atom is -0.313 e. The summed E-state index contributed by atoms with van der Waals surface area (Å²) in [4.78, 5) is 2.33. The van der Waals surface area contributed by atoms with Crippen molar-refractivity contribution in [3.8, 4) is 0 Å². The number of hydrogen-bond donors (Lipinski definition) is 1. The molecule has 3 heteroatoms. The lowest BCUT2D eigenvalue weighted by molar-refractivity contribution is 0.302. The Hall–Kier alpha value is -0.930. The van der Waals surface area contributed by atoms with Crippen molar-refractivity contribution in [2.45, 2.75) is 38.6 Å². The largest absolute Gasteiger partial charge is 0.313 e. The number of rotatable bonds is 9. The molecule has 1 N–H and O–H groups in total. The van der Waals surface area contributed by atoms with Crippen LogP contribution in [0.4, 0.5) is 4.39 Å². The van der Waals surface area contributed by atoms with Crippen LogP contribution in [0.25, 0.3) is 0 Å². The molecule has 0 aromatic heterocycles. The molecule has 0 aliphatic rings. The van der Waals surface area contributed by atoms with Crippen LogP contribution in [0.2, 0.25) is 0 Å². The van der Waals surface area contributed by atoms with Gasteiger partial charge in [-0.2, -0.15) is 0 Å². The van der Waals surface area contributed by atoms with Gasteiger partial charge in [0.25, 0.3) is 0 Å². The summed E-state index contributed by atoms with van der Waals surface area (Å²) in [6.45, 7) is 4.33. The Labute approximate surface area is 117 Å². The molecule has 0 aliphatic heterocycles. The number of benzene rings is 1. The lowest BCUT2D eigenvalue weighted by atomic mass is 10.0. The molecule has 0 fully saturated rings. The molecule has 0 saturated heterocycles. The number of hydrogen-bond acceptors (Lipinski definition) is 2. The third-order valence-electron chi connectivity index (χ3n) is 3.57. The number of halogens is 1. The van der Waals surface area contributed by atoms with E-state index < -0.39 is 0 Å². The van der Waals surface area contributed by atoms with E-state index in [2.05, 4.69) is 24.2 Å². The first-order valence-corrected chi connectivity index (χ1v) is 7.29. The van der Waals surface area contributed by atoms with E-state index in [-0.39, 0.29) is 11.9 Å². The van der Waals surface area contributed by atoms with Crippen LogP contribution in [0.5, 0.6) is 0 Å². The van der Waals surface area contributed by atoms with Crippen molar-refractivity contribution in [1.29, 1.82) is 0 Å². The zero-order valence-corrected chi connectivity index (χ0v) is 12.5. The van der Waals surface area contributed by atoms with Crippen LogP contribution in [0, 0.1) is 5.82 Å². The number of nitrogens with zero attached hydrogens (tertiary/aromatic N) is 1. The summed E-state index contributed by atoms with van der Waals surface area (Å²) in [5, 5.41) is 3.22. The van der Waals surface area contributed by atoms with Gasteiger partial charge in [0.2, 0.25) is 0 Å². The average molecular weight is 266 g/mol. The second-order valence-corrected chi connectivity index (χ2v) is 5.16. The highest BCUT2D eigenvalue weighted by atomic mass is 19.1. The molecule has 1 rings (SSSR count). The molecule has 0 amide bonds. The van der Waals surface area contributed by atoms with Gasteiger partial charge < -0.3 is 10.2 Å². The fourth-order valence-corrected chi connectivity index (χ4v) is 2.31. The highest BCUT2D eigenvalue weighted by Crippen LogP contribution is 2.19. The van der Waals surface area contributed by atoms with E-state index in [0.717, 1.165) is 25.1 Å². The van der Waals surface area contributed by atoms with Crippen LogP contribution >= 0.6 is 0 Å². The molecule has 108 valence electrons. The van der Waals surface area contributed by atoms with Crippen LogP contribution in [0.15, 0.2) is 24.3 Å². The van der Waals surface area contributed by atoms with E-state index in [1.807, 2.05) is 19.2 Å². The summed E-state index contributed by atoms with van der Waals surface area (Å²) in [5.41, 5.74) is 0.770. The standard InChI is InChI=1S/C16H27FN2/c1-4-5-8-12-19(3)13-11-16(18-2)14-9-6-7-10-15(14)17/h6-7,9-10,16,18H,4-5,8,11-13H2,1-3H3. The van der Waals surface area contributed by atoms with Crippen molar-refractivity contribution in [2.24, 2.45) is 0 Å². The first-order chi connectivity index (χ1) is 9.19. The first-order valence-electron chi connectivity index (χ1n) is 7.29. The molecule has 1 atom stereocenters. The molecule has 0 radical (unpaired) electrons. The van der Waals surface area contributed by atoms with Gasteiger partial charge in [0, 0.05) is 11.6 Å². The summed E-state index contributed by atoms with van der Waals surface area (Å²) >= 11 is 0. The van der Waals surface area contributed by atoms with Crippen LogP contribution in [0.3, 0.4) is 0 Å². The highest BCUT2D eigenvalue weighted by molar-refractivity contribution is 5.21. The predicted octanol–water partition coefficient (Wildman–Crippen LogP) is 3.60. The highest BCUT2D eigenvalue weighted by Gasteiger charge is 2.13. The Morgan fingerprint density at radius 2 is 1.95 bits per heavy atom. The molecule has 1 unspecified atom stereocenters. The maximum atomic E-state index is 13.7. The first kappa shape index (κ1) is 16.1. The van der Waals surface area contributed by atoms with Crippen LogP contribution in [0.1, 0.15) is 44.2 Å². The number of nitrogens with one attached hydrogen (secondary N) is 1. The molecule has 2 nitrogen and oxygen atoms in total. The van der Waals surface area contributed by atoms with E-state index in [1.165, 1.54) is 25.3 Å². The summed E-state index contributed by atoms with van der Waals surface area (Å²) in [6, 6.07) is 7.13. The third-order valence-corrected chi connectivity index (χ3v) is 3.57. The SMILES string of the molecule is CCCCCN(C)CCC(NC)c1ccccc1F. The van der Waals surface area contributed by atoms with E-state index in [4.69, 9.17) is 0 Å². The van der Waals surface area contributed by atoms with Crippen LogP contribution in [-0.2, 0) is 0 Å². The van der Waals surface area contributed by atoms with Crippen molar-refractivity contribution in [2.75, 3.05) is 27.2 Å². The molecule has 19 heavy (non-hydrogen) atoms. The minimum absolute atomic E-state index is 0.0924. The van der Waals surface area contributed by atoms with E-state index in [0.29, 0.717) is 0 Å². The molecular weight excluding hydrogens is 239 g/mol. The molecule has 0 heterocycles. The molecule has 1 aromatic rings. The van der Waals surface area contributed by atoms with Gasteiger partial charge in [0.15, 0.2) is 0 Å². The van der Waals surface area contributed by atoms with E-state index in [1.54, 1.807) is 6.07 Å². The Morgan fingerprint density at radius 3 is 2.58 bits per heavy atom. The molecular formula is C16H27FN2. The van der Waals surface area contributed by atoms with Crippen molar-refractivity contribution >= 4 is 0 Å². The Morgan fingerprint density at radius 1 is 1.21 bits per heavy atom. The second-order valence-electron chi connectivity index (χ2n) is 5.16. The topological polar surface area (TPSA) is 15.3 Å². The maximum absolute atomic E-state index is 13.7. The minimum atomic E-state index is -0.115. The van der Waals surface area contributed by atoms with E-state index in [9.17, 15) is 4.39 Å². The van der Waals surface area contributed by atoms with Crippen molar-refractivity contribution in [3.63, 3.8) is 0 Å². The van der Waals surface area contributed by atoms with E-state index >= 15 is 0 Å². The Kier molecular flexibility index (Phi) is 7.68. The van der Waals surface area contributed by atoms with Crippen LogP contribution in [-0.4, -0.2) is 32.1 Å². The molecule has 0 aliphatic carbocycles. The lowest BCUT2D eigenvalue weighted by Gasteiger charge is -2.22. The van der Waals surface area contributed by atoms with Crippen molar-refractivity contribution < 1.29 is 4.39 Å². The summed E-state index contributed by atoms with van der Waals surface area (Å²) < 4.78 is 13.7. The fourth-order valence-electron chi connectivity index (χ4n) is 2.31. The molecule has 0 saturated carbocycles. The zero-order valence-electron chi connectivity index (χ0n) is 12.5. The summed E-state index contributed by atoms with van der Waals surface area (Å²) in [7, 11) is 4.04. The van der Waals surface area contributed by atoms with Gasteiger partial charge in [-0.15, -0.1) is 0 Å². The molecule has 0 spiro atoms. The van der Waals surface area contributed by atoms with Gasteiger partial charge in [-0.1, -0.05) is 38.0 Å². The van der Waals surface area contributed by atoms with Crippen molar-refractivity contribution in [1.82, 2.24) is 10.2 Å². The van der Waals surface area contributed by atoms with Gasteiger partial charge >= 0.3 is 0 Å².